The van der Waals surface area contributed by atoms with Crippen LogP contribution >= 0.6 is 11.6 Å². The van der Waals surface area contributed by atoms with E-state index in [1.54, 1.807) is 24.3 Å². The Morgan fingerprint density at radius 1 is 1.41 bits per heavy atom. The minimum absolute atomic E-state index is 0.193. The van der Waals surface area contributed by atoms with Crippen LogP contribution in [0.2, 0.25) is 5.02 Å². The molecule has 0 spiro atoms. The lowest BCUT2D eigenvalue weighted by molar-refractivity contribution is -0.153. The van der Waals surface area contributed by atoms with E-state index in [1.165, 1.54) is 0 Å². The number of anilines is 1. The summed E-state index contributed by atoms with van der Waals surface area (Å²) in [6, 6.07) is 6.54. The molecule has 0 aliphatic rings. The van der Waals surface area contributed by atoms with Crippen LogP contribution in [0.15, 0.2) is 24.3 Å². The van der Waals surface area contributed by atoms with Crippen molar-refractivity contribution in [2.75, 3.05) is 11.9 Å². The predicted octanol–water partition coefficient (Wildman–Crippen LogP) is 2.48. The molecular weight excluding hydrogens is 242 g/mol. The van der Waals surface area contributed by atoms with Crippen molar-refractivity contribution in [3.8, 4) is 0 Å². The summed E-state index contributed by atoms with van der Waals surface area (Å²) in [5.74, 6) is -1.50. The van der Waals surface area contributed by atoms with Gasteiger partial charge >= 0.3 is 11.9 Å². The summed E-state index contributed by atoms with van der Waals surface area (Å²) in [4.78, 5) is 22.7. The van der Waals surface area contributed by atoms with Crippen LogP contribution in [0.25, 0.3) is 0 Å². The van der Waals surface area contributed by atoms with Crippen molar-refractivity contribution in [3.63, 3.8) is 0 Å². The van der Waals surface area contributed by atoms with Gasteiger partial charge in [-0.2, -0.15) is 0 Å². The van der Waals surface area contributed by atoms with Gasteiger partial charge in [-0.25, -0.2) is 4.79 Å². The number of halogens is 1. The molecule has 0 bridgehead atoms. The summed E-state index contributed by atoms with van der Waals surface area (Å²) in [5, 5.41) is 2.89. The van der Waals surface area contributed by atoms with E-state index < -0.39 is 11.9 Å². The Labute approximate surface area is 105 Å². The topological polar surface area (TPSA) is 55.4 Å². The van der Waals surface area contributed by atoms with Crippen LogP contribution in [0.3, 0.4) is 0 Å². The van der Waals surface area contributed by atoms with Crippen molar-refractivity contribution in [1.82, 2.24) is 0 Å². The minimum atomic E-state index is -0.890. The van der Waals surface area contributed by atoms with Crippen LogP contribution in [0.4, 0.5) is 5.69 Å². The van der Waals surface area contributed by atoms with Gasteiger partial charge < -0.3 is 10.1 Å². The molecule has 0 atom stereocenters. The second kappa shape index (κ2) is 6.25. The lowest BCUT2D eigenvalue weighted by Gasteiger charge is -2.07. The molecular formula is C12H14ClNO3. The Bertz CT molecular complexity index is 418. The lowest BCUT2D eigenvalue weighted by atomic mass is 10.2. The molecule has 1 aromatic carbocycles. The second-order valence-corrected chi connectivity index (χ2v) is 4.39. The zero-order valence-electron chi connectivity index (χ0n) is 9.70. The molecule has 4 nitrogen and oxygen atoms in total. The van der Waals surface area contributed by atoms with Crippen molar-refractivity contribution in [2.24, 2.45) is 5.92 Å². The van der Waals surface area contributed by atoms with Crippen molar-refractivity contribution < 1.29 is 14.3 Å². The number of esters is 1. The maximum Gasteiger partial charge on any atom is 0.397 e. The van der Waals surface area contributed by atoms with Crippen molar-refractivity contribution in [2.45, 2.75) is 13.8 Å². The van der Waals surface area contributed by atoms with E-state index >= 15 is 0 Å². The van der Waals surface area contributed by atoms with Crippen LogP contribution in [0.1, 0.15) is 13.8 Å². The van der Waals surface area contributed by atoms with Gasteiger partial charge in [0.05, 0.1) is 6.61 Å². The first-order valence-corrected chi connectivity index (χ1v) is 5.60. The molecule has 1 N–H and O–H groups in total. The molecule has 0 radical (unpaired) electrons. The van der Waals surface area contributed by atoms with Gasteiger partial charge in [-0.05, 0) is 24.1 Å². The van der Waals surface area contributed by atoms with E-state index in [0.717, 1.165) is 0 Å². The number of hydrogen-bond acceptors (Lipinski definition) is 3. The van der Waals surface area contributed by atoms with E-state index in [0.29, 0.717) is 10.7 Å². The van der Waals surface area contributed by atoms with Crippen molar-refractivity contribution in [1.29, 1.82) is 0 Å². The summed E-state index contributed by atoms with van der Waals surface area (Å²) < 4.78 is 4.78. The van der Waals surface area contributed by atoms with Gasteiger partial charge in [0.2, 0.25) is 0 Å². The van der Waals surface area contributed by atoms with E-state index in [4.69, 9.17) is 16.3 Å². The maximum atomic E-state index is 11.4. The average molecular weight is 256 g/mol. The molecule has 92 valence electrons. The fourth-order valence-corrected chi connectivity index (χ4v) is 1.25. The zero-order chi connectivity index (χ0) is 12.8. The van der Waals surface area contributed by atoms with Gasteiger partial charge in [0.25, 0.3) is 0 Å². The number of ether oxygens (including phenoxy) is 1. The number of amides is 1. The first-order chi connectivity index (χ1) is 7.99. The van der Waals surface area contributed by atoms with Crippen LogP contribution in [0, 0.1) is 5.92 Å². The minimum Gasteiger partial charge on any atom is -0.458 e. The van der Waals surface area contributed by atoms with E-state index in [9.17, 15) is 9.59 Å². The summed E-state index contributed by atoms with van der Waals surface area (Å²) in [5.41, 5.74) is 0.462. The Morgan fingerprint density at radius 2 is 2.12 bits per heavy atom. The second-order valence-electron chi connectivity index (χ2n) is 3.96. The molecule has 1 rings (SSSR count). The van der Waals surface area contributed by atoms with Gasteiger partial charge in [0.1, 0.15) is 0 Å². The first-order valence-electron chi connectivity index (χ1n) is 5.22. The van der Waals surface area contributed by atoms with Gasteiger partial charge in [-0.15, -0.1) is 0 Å². The average Bonchev–Trinajstić information content (AvgIpc) is 2.25. The Balaban J connectivity index is 2.51. The third kappa shape index (κ3) is 4.87. The normalized spacial score (nSPS) is 10.1. The fourth-order valence-electron chi connectivity index (χ4n) is 1.06. The largest absolute Gasteiger partial charge is 0.458 e. The molecule has 0 aliphatic carbocycles. The molecule has 1 amide bonds. The van der Waals surface area contributed by atoms with E-state index in [1.807, 2.05) is 13.8 Å². The number of carbonyl (C=O) groups is 2. The Kier molecular flexibility index (Phi) is 4.97. The first kappa shape index (κ1) is 13.5. The van der Waals surface area contributed by atoms with Crippen LogP contribution < -0.4 is 5.32 Å². The third-order valence-electron chi connectivity index (χ3n) is 1.82. The highest BCUT2D eigenvalue weighted by atomic mass is 35.5. The van der Waals surface area contributed by atoms with Gasteiger partial charge in [-0.1, -0.05) is 31.5 Å². The summed E-state index contributed by atoms with van der Waals surface area (Å²) >= 11 is 5.74. The van der Waals surface area contributed by atoms with Crippen LogP contribution in [-0.2, 0) is 14.3 Å². The number of carbonyl (C=O) groups excluding carboxylic acids is 2. The maximum absolute atomic E-state index is 11.4. The van der Waals surface area contributed by atoms with Gasteiger partial charge in [0.15, 0.2) is 0 Å². The molecule has 1 aromatic rings. The highest BCUT2D eigenvalue weighted by molar-refractivity contribution is 6.37. The summed E-state index contributed by atoms with van der Waals surface area (Å²) in [7, 11) is 0. The fraction of sp³-hybridized carbons (Fsp3) is 0.333. The molecule has 0 heterocycles. The molecule has 0 saturated heterocycles. The third-order valence-corrected chi connectivity index (χ3v) is 2.05. The smallest absolute Gasteiger partial charge is 0.397 e. The number of rotatable bonds is 3. The molecule has 0 aromatic heterocycles. The van der Waals surface area contributed by atoms with E-state index in [2.05, 4.69) is 5.32 Å². The molecule has 17 heavy (non-hydrogen) atoms. The monoisotopic (exact) mass is 255 g/mol. The van der Waals surface area contributed by atoms with Crippen molar-refractivity contribution in [3.05, 3.63) is 29.3 Å². The zero-order valence-corrected chi connectivity index (χ0v) is 10.5. The van der Waals surface area contributed by atoms with Crippen molar-refractivity contribution >= 4 is 29.2 Å². The molecule has 0 aliphatic heterocycles. The quantitative estimate of drug-likeness (QED) is 0.667. The lowest BCUT2D eigenvalue weighted by Crippen LogP contribution is -2.26. The molecule has 0 fully saturated rings. The number of hydrogen-bond donors (Lipinski definition) is 1. The van der Waals surface area contributed by atoms with Crippen LogP contribution in [0.5, 0.6) is 0 Å². The standard InChI is InChI=1S/C12H14ClNO3/c1-8(2)7-17-12(16)11(15)14-10-5-3-4-9(13)6-10/h3-6,8H,7H2,1-2H3,(H,14,15). The Morgan fingerprint density at radius 3 is 2.71 bits per heavy atom. The van der Waals surface area contributed by atoms with Crippen LogP contribution in [-0.4, -0.2) is 18.5 Å². The van der Waals surface area contributed by atoms with Gasteiger partial charge in [0, 0.05) is 10.7 Å². The number of nitrogens with one attached hydrogen (secondary N) is 1. The SMILES string of the molecule is CC(C)COC(=O)C(=O)Nc1cccc(Cl)c1. The number of benzene rings is 1. The van der Waals surface area contributed by atoms with E-state index in [-0.39, 0.29) is 12.5 Å². The summed E-state index contributed by atoms with van der Waals surface area (Å²) in [6.07, 6.45) is 0. The highest BCUT2D eigenvalue weighted by Gasteiger charge is 2.15. The highest BCUT2D eigenvalue weighted by Crippen LogP contribution is 2.14. The Hall–Kier alpha value is -1.55. The molecule has 5 heteroatoms. The predicted molar refractivity (Wildman–Crippen MR) is 65.9 cm³/mol. The molecule has 0 unspecified atom stereocenters. The molecule has 0 saturated carbocycles. The van der Waals surface area contributed by atoms with Gasteiger partial charge in [-0.3, -0.25) is 4.79 Å². The summed E-state index contributed by atoms with van der Waals surface area (Å²) in [6.45, 7) is 4.01.